The van der Waals surface area contributed by atoms with E-state index in [9.17, 15) is 4.79 Å². The highest BCUT2D eigenvalue weighted by Gasteiger charge is 2.10. The quantitative estimate of drug-likeness (QED) is 0.685. The third-order valence-electron chi connectivity index (χ3n) is 2.56. The summed E-state index contributed by atoms with van der Waals surface area (Å²) < 4.78 is 0.482. The van der Waals surface area contributed by atoms with Gasteiger partial charge in [0.2, 0.25) is 5.43 Å². The van der Waals surface area contributed by atoms with Crippen molar-refractivity contribution >= 4 is 17.9 Å². The van der Waals surface area contributed by atoms with E-state index in [0.29, 0.717) is 4.51 Å². The number of nitrogens with zero attached hydrogens (tertiary/aromatic N) is 2. The van der Waals surface area contributed by atoms with Crippen LogP contribution in [0.1, 0.15) is 13.3 Å². The Hall–Kier alpha value is -0.740. The molecule has 1 aromatic carbocycles. The second-order valence-electron chi connectivity index (χ2n) is 3.95. The van der Waals surface area contributed by atoms with E-state index in [1.165, 1.54) is 6.42 Å². The molecule has 0 aliphatic rings. The lowest BCUT2D eigenvalue weighted by molar-refractivity contribution is 0.342. The highest BCUT2D eigenvalue weighted by molar-refractivity contribution is 7.71. The van der Waals surface area contributed by atoms with Gasteiger partial charge in [0.25, 0.3) is 0 Å². The largest absolute Gasteiger partial charge is 0.372 e. The molecule has 4 heteroatoms. The third-order valence-corrected chi connectivity index (χ3v) is 2.97. The van der Waals surface area contributed by atoms with E-state index in [1.54, 1.807) is 6.07 Å². The standard InChI is InChI=1S/C11H18N2OS/c1-4-5-12(2)6-7-13(3)9-8-10(14)11(9)15/h8H,4-7H2,1-3H3. The van der Waals surface area contributed by atoms with Gasteiger partial charge < -0.3 is 9.80 Å². The molecular formula is C11H18N2OS. The molecule has 1 aromatic rings. The Morgan fingerprint density at radius 3 is 2.40 bits per heavy atom. The molecule has 0 fully saturated rings. The summed E-state index contributed by atoms with van der Waals surface area (Å²) >= 11 is 4.96. The summed E-state index contributed by atoms with van der Waals surface area (Å²) in [5.41, 5.74) is 0.911. The van der Waals surface area contributed by atoms with Crippen molar-refractivity contribution in [3.05, 3.63) is 20.8 Å². The first-order valence-electron chi connectivity index (χ1n) is 5.26. The molecule has 15 heavy (non-hydrogen) atoms. The molecular weight excluding hydrogens is 208 g/mol. The topological polar surface area (TPSA) is 23.6 Å². The van der Waals surface area contributed by atoms with E-state index >= 15 is 0 Å². The number of hydrogen-bond donors (Lipinski definition) is 0. The van der Waals surface area contributed by atoms with Crippen LogP contribution < -0.4 is 10.3 Å². The van der Waals surface area contributed by atoms with Gasteiger partial charge in [0.15, 0.2) is 0 Å². The van der Waals surface area contributed by atoms with Crippen LogP contribution in [0.2, 0.25) is 0 Å². The molecule has 0 N–H and O–H groups in total. The van der Waals surface area contributed by atoms with Crippen LogP contribution in [0.5, 0.6) is 0 Å². The van der Waals surface area contributed by atoms with E-state index in [2.05, 4.69) is 23.8 Å². The number of likely N-dealkylation sites (N-methyl/N-ethyl adjacent to an activating group) is 2. The van der Waals surface area contributed by atoms with Crippen LogP contribution in [0.4, 0.5) is 5.69 Å². The normalized spacial score (nSPS) is 11.2. The summed E-state index contributed by atoms with van der Waals surface area (Å²) in [5, 5.41) is 0. The van der Waals surface area contributed by atoms with Gasteiger partial charge in [-0.3, -0.25) is 4.79 Å². The molecule has 0 saturated heterocycles. The van der Waals surface area contributed by atoms with Gasteiger partial charge in [-0.05, 0) is 20.0 Å². The van der Waals surface area contributed by atoms with Gasteiger partial charge in [-0.15, -0.1) is 0 Å². The molecule has 0 atom stereocenters. The van der Waals surface area contributed by atoms with Gasteiger partial charge in [0.1, 0.15) is 4.51 Å². The molecule has 0 aliphatic carbocycles. The molecule has 0 saturated carbocycles. The van der Waals surface area contributed by atoms with Crippen LogP contribution >= 0.6 is 12.2 Å². The van der Waals surface area contributed by atoms with Gasteiger partial charge in [-0.1, -0.05) is 19.1 Å². The van der Waals surface area contributed by atoms with Crippen LogP contribution in [0.25, 0.3) is 0 Å². The summed E-state index contributed by atoms with van der Waals surface area (Å²) in [7, 11) is 4.08. The van der Waals surface area contributed by atoms with E-state index in [1.807, 2.05) is 7.05 Å². The maximum absolute atomic E-state index is 10.9. The molecule has 0 radical (unpaired) electrons. The average molecular weight is 226 g/mol. The fourth-order valence-corrected chi connectivity index (χ4v) is 1.80. The summed E-state index contributed by atoms with van der Waals surface area (Å²) in [6, 6.07) is 1.61. The first-order valence-corrected chi connectivity index (χ1v) is 5.67. The average Bonchev–Trinajstić information content (AvgIpc) is 2.22. The molecule has 1 rings (SSSR count). The third kappa shape index (κ3) is 3.11. The van der Waals surface area contributed by atoms with Gasteiger partial charge >= 0.3 is 0 Å². The minimum Gasteiger partial charge on any atom is -0.372 e. The molecule has 0 aliphatic heterocycles. The SMILES string of the molecule is CCCN(C)CCN(C)c1cc(=O)c1=S. The van der Waals surface area contributed by atoms with Gasteiger partial charge in [0, 0.05) is 26.2 Å². The van der Waals surface area contributed by atoms with Crippen LogP contribution in [-0.2, 0) is 0 Å². The monoisotopic (exact) mass is 226 g/mol. The number of anilines is 1. The Kier molecular flexibility index (Phi) is 4.42. The first-order chi connectivity index (χ1) is 7.06. The van der Waals surface area contributed by atoms with Crippen molar-refractivity contribution < 1.29 is 0 Å². The fourth-order valence-electron chi connectivity index (χ4n) is 1.52. The fraction of sp³-hybridized carbons (Fsp3) is 0.636. The molecule has 0 heterocycles. The van der Waals surface area contributed by atoms with Crippen molar-refractivity contribution in [2.24, 2.45) is 0 Å². The highest BCUT2D eigenvalue weighted by atomic mass is 32.1. The summed E-state index contributed by atoms with van der Waals surface area (Å²) in [4.78, 5) is 15.3. The molecule has 0 unspecified atom stereocenters. The van der Waals surface area contributed by atoms with Crippen molar-refractivity contribution in [3.63, 3.8) is 0 Å². The molecule has 3 nitrogen and oxygen atoms in total. The Bertz CT molecular complexity index is 382. The van der Waals surface area contributed by atoms with Gasteiger partial charge in [-0.25, -0.2) is 0 Å². The summed E-state index contributed by atoms with van der Waals surface area (Å²) in [5.74, 6) is 0. The molecule has 0 spiro atoms. The van der Waals surface area contributed by atoms with E-state index in [-0.39, 0.29) is 5.43 Å². The predicted molar refractivity (Wildman–Crippen MR) is 67.0 cm³/mol. The van der Waals surface area contributed by atoms with Crippen molar-refractivity contribution in [2.45, 2.75) is 13.3 Å². The lowest BCUT2D eigenvalue weighted by atomic mass is 10.2. The predicted octanol–water partition coefficient (Wildman–Crippen LogP) is 1.43. The summed E-state index contributed by atoms with van der Waals surface area (Å²) in [6.07, 6.45) is 1.17. The van der Waals surface area contributed by atoms with Crippen molar-refractivity contribution in [1.82, 2.24) is 4.90 Å². The minimum absolute atomic E-state index is 0.00578. The van der Waals surface area contributed by atoms with Crippen molar-refractivity contribution in [2.75, 3.05) is 38.6 Å². The van der Waals surface area contributed by atoms with Crippen molar-refractivity contribution in [3.8, 4) is 0 Å². The molecule has 0 aromatic heterocycles. The van der Waals surface area contributed by atoms with Gasteiger partial charge in [0.05, 0.1) is 5.69 Å². The number of hydrogen-bond acceptors (Lipinski definition) is 4. The Labute approximate surface area is 96.0 Å². The lowest BCUT2D eigenvalue weighted by Gasteiger charge is -2.24. The van der Waals surface area contributed by atoms with Crippen LogP contribution in [-0.4, -0.2) is 38.6 Å². The first kappa shape index (κ1) is 12.3. The second-order valence-corrected chi connectivity index (χ2v) is 4.36. The number of rotatable bonds is 6. The Morgan fingerprint density at radius 2 is 1.93 bits per heavy atom. The maximum Gasteiger partial charge on any atom is 0.200 e. The summed E-state index contributed by atoms with van der Waals surface area (Å²) in [6.45, 7) is 5.19. The van der Waals surface area contributed by atoms with Crippen LogP contribution in [0.15, 0.2) is 10.9 Å². The van der Waals surface area contributed by atoms with Crippen LogP contribution in [0, 0.1) is 4.51 Å². The zero-order valence-electron chi connectivity index (χ0n) is 9.62. The van der Waals surface area contributed by atoms with Gasteiger partial charge in [-0.2, -0.15) is 0 Å². The smallest absolute Gasteiger partial charge is 0.200 e. The van der Waals surface area contributed by atoms with Crippen molar-refractivity contribution in [1.29, 1.82) is 0 Å². The Balaban J connectivity index is 2.38. The Morgan fingerprint density at radius 1 is 1.27 bits per heavy atom. The molecule has 0 bridgehead atoms. The second kappa shape index (κ2) is 5.37. The van der Waals surface area contributed by atoms with Crippen LogP contribution in [0.3, 0.4) is 0 Å². The maximum atomic E-state index is 10.9. The lowest BCUT2D eigenvalue weighted by Crippen LogP contribution is -2.33. The molecule has 0 amide bonds. The zero-order chi connectivity index (χ0) is 11.4. The van der Waals surface area contributed by atoms with E-state index in [4.69, 9.17) is 12.2 Å². The zero-order valence-corrected chi connectivity index (χ0v) is 10.4. The highest BCUT2D eigenvalue weighted by Crippen LogP contribution is 2.12. The van der Waals surface area contributed by atoms with E-state index in [0.717, 1.165) is 25.3 Å². The minimum atomic E-state index is -0.00578. The van der Waals surface area contributed by atoms with E-state index < -0.39 is 0 Å². The molecule has 84 valence electrons.